The van der Waals surface area contributed by atoms with E-state index in [4.69, 9.17) is 11.5 Å². The monoisotopic (exact) mass is 159 g/mol. The molecule has 0 saturated heterocycles. The van der Waals surface area contributed by atoms with Gasteiger partial charge in [0, 0.05) is 5.25 Å². The van der Waals surface area contributed by atoms with Crippen LogP contribution in [0.25, 0.3) is 0 Å². The summed E-state index contributed by atoms with van der Waals surface area (Å²) in [6.45, 7) is 0. The van der Waals surface area contributed by atoms with Crippen LogP contribution in [0.4, 0.5) is 0 Å². The van der Waals surface area contributed by atoms with Crippen molar-refractivity contribution in [1.82, 2.24) is 0 Å². The smallest absolute Gasteiger partial charge is 0.186 e. The van der Waals surface area contributed by atoms with Crippen LogP contribution in [0.5, 0.6) is 0 Å². The second-order valence-corrected chi connectivity index (χ2v) is 3.55. The predicted octanol–water partition coefficient (Wildman–Crippen LogP) is 0.154. The van der Waals surface area contributed by atoms with Gasteiger partial charge in [-0.25, -0.2) is 4.99 Å². The van der Waals surface area contributed by atoms with Crippen molar-refractivity contribution in [1.29, 1.82) is 0 Å². The molecule has 1 rings (SSSR count). The Bertz CT molecular complexity index is 140. The van der Waals surface area contributed by atoms with Gasteiger partial charge in [-0.2, -0.15) is 11.8 Å². The zero-order valence-electron chi connectivity index (χ0n) is 6.08. The number of rotatable bonds is 2. The van der Waals surface area contributed by atoms with Crippen LogP contribution in [-0.2, 0) is 0 Å². The maximum Gasteiger partial charge on any atom is 0.186 e. The lowest BCUT2D eigenvalue weighted by atomic mass is 9.93. The van der Waals surface area contributed by atoms with Crippen molar-refractivity contribution in [3.05, 3.63) is 0 Å². The fourth-order valence-corrected chi connectivity index (χ4v) is 1.95. The molecule has 1 fully saturated rings. The van der Waals surface area contributed by atoms with Gasteiger partial charge in [0.25, 0.3) is 0 Å². The van der Waals surface area contributed by atoms with Crippen LogP contribution in [0.2, 0.25) is 0 Å². The van der Waals surface area contributed by atoms with E-state index in [2.05, 4.69) is 11.2 Å². The van der Waals surface area contributed by atoms with Crippen molar-refractivity contribution >= 4 is 17.7 Å². The molecule has 3 nitrogen and oxygen atoms in total. The summed E-state index contributed by atoms with van der Waals surface area (Å²) >= 11 is 1.84. The standard InChI is InChI=1S/C6H13N3S/c1-10-5-3-2-4(5)9-6(7)8/h4-5H,2-3H2,1H3,(H4,7,8,9). The van der Waals surface area contributed by atoms with E-state index < -0.39 is 0 Å². The molecular formula is C6H13N3S. The summed E-state index contributed by atoms with van der Waals surface area (Å²) < 4.78 is 0. The Hall–Kier alpha value is -0.380. The first kappa shape index (κ1) is 7.72. The molecule has 1 aliphatic carbocycles. The predicted molar refractivity (Wildman–Crippen MR) is 46.1 cm³/mol. The molecule has 0 heterocycles. The van der Waals surface area contributed by atoms with Crippen LogP contribution in [0.3, 0.4) is 0 Å². The highest BCUT2D eigenvalue weighted by molar-refractivity contribution is 7.99. The van der Waals surface area contributed by atoms with Gasteiger partial charge in [-0.1, -0.05) is 0 Å². The van der Waals surface area contributed by atoms with Gasteiger partial charge in [0.15, 0.2) is 5.96 Å². The molecule has 2 atom stereocenters. The molecular weight excluding hydrogens is 146 g/mol. The average Bonchev–Trinajstić information content (AvgIpc) is 1.82. The van der Waals surface area contributed by atoms with Gasteiger partial charge >= 0.3 is 0 Å². The van der Waals surface area contributed by atoms with Crippen molar-refractivity contribution < 1.29 is 0 Å². The lowest BCUT2D eigenvalue weighted by Gasteiger charge is -2.31. The van der Waals surface area contributed by atoms with Gasteiger partial charge in [0.05, 0.1) is 6.04 Å². The van der Waals surface area contributed by atoms with Crippen molar-refractivity contribution in [2.24, 2.45) is 16.5 Å². The van der Waals surface area contributed by atoms with Gasteiger partial charge in [-0.05, 0) is 19.1 Å². The quantitative estimate of drug-likeness (QED) is 0.445. The largest absolute Gasteiger partial charge is 0.370 e. The van der Waals surface area contributed by atoms with Crippen LogP contribution >= 0.6 is 11.8 Å². The normalized spacial score (nSPS) is 30.9. The minimum atomic E-state index is 0.226. The van der Waals surface area contributed by atoms with Crippen LogP contribution in [0.1, 0.15) is 12.8 Å². The molecule has 1 aliphatic rings. The van der Waals surface area contributed by atoms with Crippen molar-refractivity contribution in [3.63, 3.8) is 0 Å². The van der Waals surface area contributed by atoms with E-state index in [1.165, 1.54) is 6.42 Å². The Morgan fingerprint density at radius 3 is 2.50 bits per heavy atom. The zero-order valence-corrected chi connectivity index (χ0v) is 6.90. The third kappa shape index (κ3) is 1.56. The third-order valence-corrected chi connectivity index (χ3v) is 2.95. The second-order valence-electron chi connectivity index (χ2n) is 2.47. The van der Waals surface area contributed by atoms with Crippen molar-refractivity contribution in [2.45, 2.75) is 24.1 Å². The molecule has 1 saturated carbocycles. The second kappa shape index (κ2) is 3.14. The van der Waals surface area contributed by atoms with Crippen LogP contribution in [0, 0.1) is 0 Å². The summed E-state index contributed by atoms with van der Waals surface area (Å²) in [6, 6.07) is 0.389. The zero-order chi connectivity index (χ0) is 7.56. The SMILES string of the molecule is CSC1CCC1N=C(N)N. The molecule has 0 radical (unpaired) electrons. The molecule has 0 aromatic heterocycles. The first-order valence-corrected chi connectivity index (χ1v) is 4.64. The van der Waals surface area contributed by atoms with Crippen molar-refractivity contribution in [3.8, 4) is 0 Å². The van der Waals surface area contributed by atoms with Crippen LogP contribution in [0.15, 0.2) is 4.99 Å². The van der Waals surface area contributed by atoms with Crippen LogP contribution < -0.4 is 11.5 Å². The molecule has 10 heavy (non-hydrogen) atoms. The molecule has 0 aliphatic heterocycles. The number of aliphatic imine (C=N–C) groups is 1. The summed E-state index contributed by atoms with van der Waals surface area (Å²) in [7, 11) is 0. The third-order valence-electron chi connectivity index (χ3n) is 1.79. The molecule has 58 valence electrons. The molecule has 0 aromatic rings. The number of nitrogens with zero attached hydrogens (tertiary/aromatic N) is 1. The summed E-state index contributed by atoms with van der Waals surface area (Å²) in [4.78, 5) is 4.09. The Kier molecular flexibility index (Phi) is 2.43. The molecule has 4 N–H and O–H groups in total. The summed E-state index contributed by atoms with van der Waals surface area (Å²) in [5.74, 6) is 0.226. The van der Waals surface area contributed by atoms with Gasteiger partial charge in [-0.15, -0.1) is 0 Å². The maximum absolute atomic E-state index is 5.24. The van der Waals surface area contributed by atoms with E-state index in [9.17, 15) is 0 Å². The number of hydrogen-bond donors (Lipinski definition) is 2. The topological polar surface area (TPSA) is 64.4 Å². The highest BCUT2D eigenvalue weighted by Gasteiger charge is 2.29. The van der Waals surface area contributed by atoms with Gasteiger partial charge in [0.2, 0.25) is 0 Å². The van der Waals surface area contributed by atoms with E-state index in [0.717, 1.165) is 6.42 Å². The average molecular weight is 159 g/mol. The minimum Gasteiger partial charge on any atom is -0.370 e. The van der Waals surface area contributed by atoms with Crippen molar-refractivity contribution in [2.75, 3.05) is 6.26 Å². The number of guanidine groups is 1. The fraction of sp³-hybridized carbons (Fsp3) is 0.833. The Labute approximate surface area is 65.3 Å². The highest BCUT2D eigenvalue weighted by atomic mass is 32.2. The molecule has 0 amide bonds. The van der Waals surface area contributed by atoms with E-state index in [1.54, 1.807) is 0 Å². The lowest BCUT2D eigenvalue weighted by molar-refractivity contribution is 0.436. The van der Waals surface area contributed by atoms with E-state index in [-0.39, 0.29) is 5.96 Å². The molecule has 0 aromatic carbocycles. The minimum absolute atomic E-state index is 0.226. The summed E-state index contributed by atoms with van der Waals surface area (Å²) in [5, 5.41) is 0.655. The molecule has 2 unspecified atom stereocenters. The summed E-state index contributed by atoms with van der Waals surface area (Å²) in [5.41, 5.74) is 10.5. The highest BCUT2D eigenvalue weighted by Crippen LogP contribution is 2.32. The number of nitrogens with two attached hydrogens (primary N) is 2. The Balaban J connectivity index is 2.36. The maximum atomic E-state index is 5.24. The molecule has 0 spiro atoms. The van der Waals surface area contributed by atoms with E-state index in [0.29, 0.717) is 11.3 Å². The van der Waals surface area contributed by atoms with Gasteiger partial charge in [0.1, 0.15) is 0 Å². The lowest BCUT2D eigenvalue weighted by Crippen LogP contribution is -2.36. The van der Waals surface area contributed by atoms with Gasteiger partial charge in [-0.3, -0.25) is 0 Å². The number of thioether (sulfide) groups is 1. The van der Waals surface area contributed by atoms with Gasteiger partial charge < -0.3 is 11.5 Å². The van der Waals surface area contributed by atoms with Crippen LogP contribution in [-0.4, -0.2) is 23.5 Å². The molecule has 0 bridgehead atoms. The first-order valence-electron chi connectivity index (χ1n) is 3.35. The Morgan fingerprint density at radius 1 is 1.50 bits per heavy atom. The first-order chi connectivity index (χ1) is 4.74. The molecule has 4 heteroatoms. The number of hydrogen-bond acceptors (Lipinski definition) is 2. The van der Waals surface area contributed by atoms with E-state index in [1.807, 2.05) is 11.8 Å². The van der Waals surface area contributed by atoms with E-state index >= 15 is 0 Å². The Morgan fingerprint density at radius 2 is 2.20 bits per heavy atom. The summed E-state index contributed by atoms with van der Waals surface area (Å²) in [6.07, 6.45) is 4.49. The fourth-order valence-electron chi connectivity index (χ4n) is 1.07.